The van der Waals surface area contributed by atoms with Crippen LogP contribution in [0.2, 0.25) is 0 Å². The van der Waals surface area contributed by atoms with Crippen LogP contribution in [0.3, 0.4) is 0 Å². The molecule has 3 atom stereocenters. The fourth-order valence-electron chi connectivity index (χ4n) is 2.59. The Kier molecular flexibility index (Phi) is 4.18. The molecule has 0 aromatic rings. The highest BCUT2D eigenvalue weighted by Gasteiger charge is 2.26. The van der Waals surface area contributed by atoms with Gasteiger partial charge < -0.3 is 15.4 Å². The maximum atomic E-state index is 11.9. The van der Waals surface area contributed by atoms with E-state index in [0.29, 0.717) is 19.2 Å². The van der Waals surface area contributed by atoms with Crippen molar-refractivity contribution in [1.29, 1.82) is 0 Å². The van der Waals surface area contributed by atoms with Crippen molar-refractivity contribution in [3.8, 4) is 0 Å². The minimum Gasteiger partial charge on any atom is -0.366 e. The molecule has 1 aliphatic heterocycles. The minimum atomic E-state index is -0.286. The zero-order chi connectivity index (χ0) is 11.4. The lowest BCUT2D eigenvalue weighted by atomic mass is 9.87. The van der Waals surface area contributed by atoms with E-state index in [9.17, 15) is 4.79 Å². The number of amides is 1. The Labute approximate surface area is 97.1 Å². The summed E-state index contributed by atoms with van der Waals surface area (Å²) in [5, 5.41) is 6.29. The molecule has 0 radical (unpaired) electrons. The molecular formula is C12H22N2O2. The number of ether oxygens (including phenoxy) is 1. The lowest BCUT2D eigenvalue weighted by Crippen LogP contribution is -2.50. The molecule has 2 aliphatic rings. The number of morpholine rings is 1. The minimum absolute atomic E-state index is 0.0614. The van der Waals surface area contributed by atoms with E-state index in [0.717, 1.165) is 25.3 Å². The average molecular weight is 226 g/mol. The molecular weight excluding hydrogens is 204 g/mol. The Balaban J connectivity index is 1.77. The third-order valence-electron chi connectivity index (χ3n) is 3.50. The summed E-state index contributed by atoms with van der Waals surface area (Å²) >= 11 is 0. The fraction of sp³-hybridized carbons (Fsp3) is 0.917. The maximum absolute atomic E-state index is 11.9. The lowest BCUT2D eigenvalue weighted by molar-refractivity contribution is -0.135. The Morgan fingerprint density at radius 1 is 1.44 bits per heavy atom. The normalized spacial score (nSPS) is 35.7. The van der Waals surface area contributed by atoms with Gasteiger partial charge in [-0.2, -0.15) is 0 Å². The molecule has 1 saturated heterocycles. The van der Waals surface area contributed by atoms with Gasteiger partial charge in [0, 0.05) is 19.1 Å². The van der Waals surface area contributed by atoms with Crippen LogP contribution in [0.15, 0.2) is 0 Å². The number of carbonyl (C=O) groups excluding carboxylic acids is 1. The number of carbonyl (C=O) groups is 1. The van der Waals surface area contributed by atoms with Gasteiger partial charge in [0.15, 0.2) is 0 Å². The first-order valence-electron chi connectivity index (χ1n) is 6.38. The van der Waals surface area contributed by atoms with Crippen LogP contribution in [0.5, 0.6) is 0 Å². The fourth-order valence-corrected chi connectivity index (χ4v) is 2.59. The van der Waals surface area contributed by atoms with Crippen LogP contribution in [0.4, 0.5) is 0 Å². The molecule has 0 bridgehead atoms. The van der Waals surface area contributed by atoms with E-state index in [1.54, 1.807) is 0 Å². The van der Waals surface area contributed by atoms with Crippen molar-refractivity contribution in [3.05, 3.63) is 0 Å². The smallest absolute Gasteiger partial charge is 0.250 e. The van der Waals surface area contributed by atoms with E-state index in [2.05, 4.69) is 17.6 Å². The Bertz CT molecular complexity index is 239. The van der Waals surface area contributed by atoms with Crippen LogP contribution in [-0.2, 0) is 9.53 Å². The summed E-state index contributed by atoms with van der Waals surface area (Å²) in [6.45, 7) is 4.40. The number of rotatable bonds is 2. The van der Waals surface area contributed by atoms with Gasteiger partial charge >= 0.3 is 0 Å². The zero-order valence-corrected chi connectivity index (χ0v) is 10.00. The summed E-state index contributed by atoms with van der Waals surface area (Å²) in [6.07, 6.45) is 4.48. The summed E-state index contributed by atoms with van der Waals surface area (Å²) in [4.78, 5) is 11.9. The SMILES string of the molecule is C[C@@H]1CCC[C@@H](NC(=O)[C@@H]2CNCCO2)C1. The van der Waals surface area contributed by atoms with Crippen LogP contribution < -0.4 is 10.6 Å². The van der Waals surface area contributed by atoms with E-state index < -0.39 is 0 Å². The molecule has 16 heavy (non-hydrogen) atoms. The van der Waals surface area contributed by atoms with Gasteiger partial charge in [-0.05, 0) is 18.8 Å². The second kappa shape index (κ2) is 5.64. The molecule has 0 unspecified atom stereocenters. The molecule has 1 heterocycles. The number of hydrogen-bond donors (Lipinski definition) is 2. The monoisotopic (exact) mass is 226 g/mol. The van der Waals surface area contributed by atoms with Crippen molar-refractivity contribution in [3.63, 3.8) is 0 Å². The molecule has 2 fully saturated rings. The zero-order valence-electron chi connectivity index (χ0n) is 10.00. The summed E-state index contributed by atoms with van der Waals surface area (Å²) in [6, 6.07) is 0.363. The van der Waals surface area contributed by atoms with Crippen molar-refractivity contribution in [2.24, 2.45) is 5.92 Å². The topological polar surface area (TPSA) is 50.4 Å². The van der Waals surface area contributed by atoms with Gasteiger partial charge in [0.25, 0.3) is 5.91 Å². The number of hydrogen-bond acceptors (Lipinski definition) is 3. The van der Waals surface area contributed by atoms with Gasteiger partial charge in [0.1, 0.15) is 6.10 Å². The molecule has 0 aromatic heterocycles. The van der Waals surface area contributed by atoms with Crippen LogP contribution >= 0.6 is 0 Å². The molecule has 4 heteroatoms. The van der Waals surface area contributed by atoms with E-state index in [-0.39, 0.29) is 12.0 Å². The van der Waals surface area contributed by atoms with Crippen molar-refractivity contribution in [2.75, 3.05) is 19.7 Å². The predicted molar refractivity (Wildman–Crippen MR) is 62.2 cm³/mol. The van der Waals surface area contributed by atoms with Gasteiger partial charge in [-0.3, -0.25) is 4.79 Å². The predicted octanol–water partition coefficient (Wildman–Crippen LogP) is 0.670. The quantitative estimate of drug-likeness (QED) is 0.727. The highest BCUT2D eigenvalue weighted by molar-refractivity contribution is 5.81. The molecule has 92 valence electrons. The van der Waals surface area contributed by atoms with Crippen LogP contribution in [0, 0.1) is 5.92 Å². The molecule has 4 nitrogen and oxygen atoms in total. The van der Waals surface area contributed by atoms with Crippen LogP contribution in [-0.4, -0.2) is 37.7 Å². The van der Waals surface area contributed by atoms with Crippen molar-refractivity contribution in [1.82, 2.24) is 10.6 Å². The maximum Gasteiger partial charge on any atom is 0.250 e. The Hall–Kier alpha value is -0.610. The van der Waals surface area contributed by atoms with E-state index in [4.69, 9.17) is 4.74 Å². The van der Waals surface area contributed by atoms with Crippen LogP contribution in [0.25, 0.3) is 0 Å². The van der Waals surface area contributed by atoms with Gasteiger partial charge in [-0.25, -0.2) is 0 Å². The highest BCUT2D eigenvalue weighted by Crippen LogP contribution is 2.23. The first-order valence-corrected chi connectivity index (χ1v) is 6.38. The molecule has 1 aliphatic carbocycles. The number of nitrogens with one attached hydrogen (secondary N) is 2. The first kappa shape index (κ1) is 11.9. The summed E-state index contributed by atoms with van der Waals surface area (Å²) < 4.78 is 5.43. The Morgan fingerprint density at radius 2 is 2.31 bits per heavy atom. The van der Waals surface area contributed by atoms with E-state index in [1.807, 2.05) is 0 Å². The van der Waals surface area contributed by atoms with Gasteiger partial charge in [-0.15, -0.1) is 0 Å². The van der Waals surface area contributed by atoms with Crippen LogP contribution in [0.1, 0.15) is 32.6 Å². The van der Waals surface area contributed by atoms with E-state index >= 15 is 0 Å². The van der Waals surface area contributed by atoms with Gasteiger partial charge in [-0.1, -0.05) is 19.8 Å². The molecule has 0 aromatic carbocycles. The van der Waals surface area contributed by atoms with Gasteiger partial charge in [0.05, 0.1) is 6.61 Å². The second-order valence-corrected chi connectivity index (χ2v) is 5.04. The average Bonchev–Trinajstić information content (AvgIpc) is 2.30. The molecule has 0 spiro atoms. The van der Waals surface area contributed by atoms with Crippen molar-refractivity contribution in [2.45, 2.75) is 44.8 Å². The largest absolute Gasteiger partial charge is 0.366 e. The standard InChI is InChI=1S/C12H22N2O2/c1-9-3-2-4-10(7-9)14-12(15)11-8-13-5-6-16-11/h9-11,13H,2-8H2,1H3,(H,14,15)/t9-,10-,11+/m1/s1. The first-order chi connectivity index (χ1) is 7.75. The van der Waals surface area contributed by atoms with Gasteiger partial charge in [0.2, 0.25) is 0 Å². The summed E-state index contributed by atoms with van der Waals surface area (Å²) in [7, 11) is 0. The third-order valence-corrected chi connectivity index (χ3v) is 3.50. The lowest BCUT2D eigenvalue weighted by Gasteiger charge is -2.30. The van der Waals surface area contributed by atoms with E-state index in [1.165, 1.54) is 12.8 Å². The van der Waals surface area contributed by atoms with Crippen molar-refractivity contribution < 1.29 is 9.53 Å². The molecule has 1 saturated carbocycles. The molecule has 1 amide bonds. The summed E-state index contributed by atoms with van der Waals surface area (Å²) in [5.41, 5.74) is 0. The molecule has 2 N–H and O–H groups in total. The second-order valence-electron chi connectivity index (χ2n) is 5.04. The highest BCUT2D eigenvalue weighted by atomic mass is 16.5. The summed E-state index contributed by atoms with van der Waals surface area (Å²) in [5.74, 6) is 0.802. The third kappa shape index (κ3) is 3.19. The Morgan fingerprint density at radius 3 is 3.00 bits per heavy atom. The van der Waals surface area contributed by atoms with Crippen molar-refractivity contribution >= 4 is 5.91 Å². The molecule has 2 rings (SSSR count).